The lowest BCUT2D eigenvalue weighted by Crippen LogP contribution is -2.28. The first-order chi connectivity index (χ1) is 8.90. The van der Waals surface area contributed by atoms with E-state index in [9.17, 15) is 9.90 Å². The summed E-state index contributed by atoms with van der Waals surface area (Å²) in [7, 11) is 0. The molecular formula is C14H15N2O3-. The molecule has 0 bridgehead atoms. The van der Waals surface area contributed by atoms with Crippen LogP contribution in [-0.4, -0.2) is 17.5 Å². The Hall–Kier alpha value is -2.30. The Morgan fingerprint density at radius 1 is 1.32 bits per heavy atom. The number of amidine groups is 1. The molecule has 1 heterocycles. The maximum absolute atomic E-state index is 10.9. The number of carboxylic acids is 1. The molecule has 1 aliphatic heterocycles. The van der Waals surface area contributed by atoms with Crippen LogP contribution in [0.25, 0.3) is 0 Å². The minimum Gasteiger partial charge on any atom is -0.545 e. The minimum atomic E-state index is -1.25. The Balaban J connectivity index is 2.24. The van der Waals surface area contributed by atoms with Crippen LogP contribution in [0.2, 0.25) is 0 Å². The van der Waals surface area contributed by atoms with Crippen LogP contribution in [0, 0.1) is 0 Å². The van der Waals surface area contributed by atoms with Crippen molar-refractivity contribution in [1.82, 2.24) is 0 Å². The molecule has 1 aliphatic rings. The van der Waals surface area contributed by atoms with Crippen LogP contribution in [-0.2, 0) is 9.53 Å². The molecular weight excluding hydrogens is 244 g/mol. The maximum Gasteiger partial charge on any atom is 0.295 e. The van der Waals surface area contributed by atoms with Crippen LogP contribution in [0.5, 0.6) is 0 Å². The second-order valence-electron chi connectivity index (χ2n) is 4.81. The number of carbonyl (C=O) groups excluding carboxylic acids is 1. The molecule has 1 N–H and O–H groups in total. The summed E-state index contributed by atoms with van der Waals surface area (Å²) in [4.78, 5) is 15.3. The molecule has 0 saturated heterocycles. The molecule has 0 saturated carbocycles. The number of nitrogens with zero attached hydrogens (tertiary/aromatic N) is 1. The lowest BCUT2D eigenvalue weighted by Gasteiger charge is -2.17. The normalized spacial score (nSPS) is 19.4. The second-order valence-corrected chi connectivity index (χ2v) is 4.81. The third kappa shape index (κ3) is 2.76. The van der Waals surface area contributed by atoms with Crippen molar-refractivity contribution >= 4 is 17.7 Å². The standard InChI is InChI=1S/C14H16N2O3/c1-9(12(17)18)11-14(2,3)16-13(19-11)15-10-7-5-4-6-8-10/h4-8H,1-3H3,(H,15,16)(H,17,18)/p-1. The van der Waals surface area contributed by atoms with Crippen LogP contribution in [0.4, 0.5) is 5.69 Å². The zero-order chi connectivity index (χ0) is 14.0. The molecule has 5 nitrogen and oxygen atoms in total. The molecule has 0 aromatic heterocycles. The fourth-order valence-electron chi connectivity index (χ4n) is 1.88. The number of carboxylic acid groups (broad SMARTS) is 1. The lowest BCUT2D eigenvalue weighted by atomic mass is 10.0. The summed E-state index contributed by atoms with van der Waals surface area (Å²) in [6.45, 7) is 5.02. The summed E-state index contributed by atoms with van der Waals surface area (Å²) < 4.78 is 5.50. The zero-order valence-electron chi connectivity index (χ0n) is 11.1. The summed E-state index contributed by atoms with van der Waals surface area (Å²) in [5.41, 5.74) is 0.157. The first kappa shape index (κ1) is 13.1. The Bertz CT molecular complexity index is 559. The van der Waals surface area contributed by atoms with Gasteiger partial charge in [0.05, 0.1) is 5.97 Å². The molecule has 0 radical (unpaired) electrons. The highest BCUT2D eigenvalue weighted by molar-refractivity contribution is 5.94. The number of ether oxygens (including phenoxy) is 1. The van der Waals surface area contributed by atoms with Crippen molar-refractivity contribution in [2.24, 2.45) is 4.99 Å². The Labute approximate surface area is 111 Å². The van der Waals surface area contributed by atoms with E-state index < -0.39 is 11.5 Å². The van der Waals surface area contributed by atoms with Crippen LogP contribution >= 0.6 is 0 Å². The predicted octanol–water partition coefficient (Wildman–Crippen LogP) is 1.29. The van der Waals surface area contributed by atoms with Crippen molar-refractivity contribution in [3.05, 3.63) is 41.7 Å². The molecule has 0 unspecified atom stereocenters. The quantitative estimate of drug-likeness (QED) is 0.812. The largest absolute Gasteiger partial charge is 0.545 e. The first-order valence-electron chi connectivity index (χ1n) is 5.92. The van der Waals surface area contributed by atoms with Gasteiger partial charge in [-0.1, -0.05) is 18.2 Å². The average Bonchev–Trinajstić information content (AvgIpc) is 2.64. The number of nitrogens with one attached hydrogen (secondary N) is 1. The van der Waals surface area contributed by atoms with Crippen molar-refractivity contribution in [2.75, 3.05) is 5.32 Å². The van der Waals surface area contributed by atoms with Gasteiger partial charge in [0.2, 0.25) is 0 Å². The van der Waals surface area contributed by atoms with Gasteiger partial charge in [-0.2, -0.15) is 0 Å². The molecule has 0 spiro atoms. The van der Waals surface area contributed by atoms with Crippen LogP contribution in [0.1, 0.15) is 20.8 Å². The number of aliphatic carboxylic acids is 1. The van der Waals surface area contributed by atoms with Gasteiger partial charge in [0.25, 0.3) is 6.02 Å². The molecule has 100 valence electrons. The highest BCUT2D eigenvalue weighted by atomic mass is 16.5. The van der Waals surface area contributed by atoms with Crippen molar-refractivity contribution < 1.29 is 14.6 Å². The van der Waals surface area contributed by atoms with Crippen molar-refractivity contribution in [3.8, 4) is 0 Å². The summed E-state index contributed by atoms with van der Waals surface area (Å²) in [6.07, 6.45) is 0. The van der Waals surface area contributed by atoms with Gasteiger partial charge >= 0.3 is 0 Å². The van der Waals surface area contributed by atoms with Gasteiger partial charge in [-0.25, -0.2) is 4.99 Å². The van der Waals surface area contributed by atoms with E-state index >= 15 is 0 Å². The van der Waals surface area contributed by atoms with Crippen LogP contribution < -0.4 is 10.4 Å². The lowest BCUT2D eigenvalue weighted by molar-refractivity contribution is -0.299. The SMILES string of the molecule is CC(C(=O)[O-])=C1OC(Nc2ccccc2)=NC1(C)C. The van der Waals surface area contributed by atoms with Gasteiger partial charge in [-0.05, 0) is 32.9 Å². The highest BCUT2D eigenvalue weighted by Gasteiger charge is 2.35. The number of hydrogen-bond donors (Lipinski definition) is 1. The van der Waals surface area contributed by atoms with Gasteiger partial charge < -0.3 is 20.0 Å². The van der Waals surface area contributed by atoms with E-state index in [4.69, 9.17) is 4.74 Å². The van der Waals surface area contributed by atoms with E-state index in [-0.39, 0.29) is 11.6 Å². The molecule has 19 heavy (non-hydrogen) atoms. The molecule has 0 aliphatic carbocycles. The maximum atomic E-state index is 10.9. The molecule has 2 rings (SSSR count). The fraction of sp³-hybridized carbons (Fsp3) is 0.286. The molecule has 0 fully saturated rings. The van der Waals surface area contributed by atoms with E-state index in [2.05, 4.69) is 10.3 Å². The first-order valence-corrected chi connectivity index (χ1v) is 5.92. The fourth-order valence-corrected chi connectivity index (χ4v) is 1.88. The number of carbonyl (C=O) groups is 1. The Morgan fingerprint density at radius 3 is 2.53 bits per heavy atom. The summed E-state index contributed by atoms with van der Waals surface area (Å²) >= 11 is 0. The number of anilines is 1. The summed E-state index contributed by atoms with van der Waals surface area (Å²) in [5.74, 6) is -0.954. The van der Waals surface area contributed by atoms with E-state index in [0.717, 1.165) is 5.69 Å². The van der Waals surface area contributed by atoms with Crippen molar-refractivity contribution in [1.29, 1.82) is 0 Å². The van der Waals surface area contributed by atoms with Crippen LogP contribution in [0.15, 0.2) is 46.7 Å². The Morgan fingerprint density at radius 2 is 1.95 bits per heavy atom. The number of aliphatic imine (C=N–C) groups is 1. The van der Waals surface area contributed by atoms with E-state index in [1.165, 1.54) is 6.92 Å². The van der Waals surface area contributed by atoms with Gasteiger partial charge in [0.1, 0.15) is 11.3 Å². The number of para-hydroxylation sites is 1. The third-order valence-electron chi connectivity index (χ3n) is 2.81. The zero-order valence-corrected chi connectivity index (χ0v) is 11.1. The summed E-state index contributed by atoms with van der Waals surface area (Å²) in [5, 5.41) is 13.9. The molecule has 0 atom stereocenters. The number of rotatable bonds is 2. The highest BCUT2D eigenvalue weighted by Crippen LogP contribution is 2.31. The molecule has 5 heteroatoms. The second kappa shape index (κ2) is 4.76. The predicted molar refractivity (Wildman–Crippen MR) is 70.4 cm³/mol. The molecule has 0 amide bonds. The van der Waals surface area contributed by atoms with Crippen molar-refractivity contribution in [3.63, 3.8) is 0 Å². The minimum absolute atomic E-state index is 0.0543. The molecule has 1 aromatic rings. The smallest absolute Gasteiger partial charge is 0.295 e. The Kier molecular flexibility index (Phi) is 3.29. The number of benzene rings is 1. The topological polar surface area (TPSA) is 73.8 Å². The van der Waals surface area contributed by atoms with Gasteiger partial charge in [-0.15, -0.1) is 0 Å². The van der Waals surface area contributed by atoms with Gasteiger partial charge in [0, 0.05) is 11.3 Å². The average molecular weight is 259 g/mol. The van der Waals surface area contributed by atoms with Gasteiger partial charge in [0.15, 0.2) is 0 Å². The van der Waals surface area contributed by atoms with E-state index in [1.54, 1.807) is 13.8 Å². The van der Waals surface area contributed by atoms with Crippen molar-refractivity contribution in [2.45, 2.75) is 26.3 Å². The summed E-state index contributed by atoms with van der Waals surface area (Å²) in [6, 6.07) is 9.68. The van der Waals surface area contributed by atoms with Crippen LogP contribution in [0.3, 0.4) is 0 Å². The molecule has 1 aromatic carbocycles. The van der Waals surface area contributed by atoms with E-state index in [0.29, 0.717) is 5.76 Å². The monoisotopic (exact) mass is 259 g/mol. The van der Waals surface area contributed by atoms with Gasteiger partial charge in [-0.3, -0.25) is 0 Å². The number of hydrogen-bond acceptors (Lipinski definition) is 5. The van der Waals surface area contributed by atoms with E-state index in [1.807, 2.05) is 30.3 Å². The third-order valence-corrected chi connectivity index (χ3v) is 2.81.